The van der Waals surface area contributed by atoms with Gasteiger partial charge in [-0.1, -0.05) is 46.0 Å². The van der Waals surface area contributed by atoms with Gasteiger partial charge >= 0.3 is 5.97 Å². The number of rotatable bonds is 12. The molecule has 0 radical (unpaired) electrons. The Morgan fingerprint density at radius 2 is 1.98 bits per heavy atom. The molecule has 0 saturated carbocycles. The van der Waals surface area contributed by atoms with Gasteiger partial charge < -0.3 is 33.4 Å². The molecule has 0 spiro atoms. The average molecular weight is 665 g/mol. The Bertz CT molecular complexity index is 1410. The van der Waals surface area contributed by atoms with Crippen LogP contribution in [0.25, 0.3) is 0 Å². The third-order valence-electron chi connectivity index (χ3n) is 5.34. The van der Waals surface area contributed by atoms with Gasteiger partial charge in [0.25, 0.3) is 11.8 Å². The van der Waals surface area contributed by atoms with Gasteiger partial charge in [0.15, 0.2) is 16.2 Å². The lowest BCUT2D eigenvalue weighted by Gasteiger charge is -2.49. The van der Waals surface area contributed by atoms with Crippen LogP contribution in [0.2, 0.25) is 4.34 Å². The highest BCUT2D eigenvalue weighted by Gasteiger charge is 2.55. The van der Waals surface area contributed by atoms with Crippen LogP contribution in [0, 0.1) is 4.91 Å². The lowest BCUT2D eigenvalue weighted by molar-refractivity contribution is -0.150. The zero-order chi connectivity index (χ0) is 29.1. The molecule has 4 rings (SSSR count). The number of β-lactam (4-membered cyclic amide) rings is 1. The number of nitrogens with two attached hydrogens (primary N) is 4. The standard InChI is InChI=1S/C19H21ClN10O5S5/c20-11-7(28-19(24)39-11)8(29-35)12(31)27-9-13(32)30-10(15(33)34)6(4-37-14(9)30)38-16-5(26-18(23)40-16)3-36-2-1-25-17(21)22/h8-9,14H,1-4H2,(H2,23,26)(H2,24,28)(H,27,31)(H,33,34)(H4,21,22,25). The lowest BCUT2D eigenvalue weighted by Crippen LogP contribution is -2.70. The van der Waals surface area contributed by atoms with Crippen molar-refractivity contribution >= 4 is 104 Å². The maximum absolute atomic E-state index is 13.0. The lowest BCUT2D eigenvalue weighted by atomic mass is 10.0. The van der Waals surface area contributed by atoms with Gasteiger partial charge in [0.2, 0.25) is 6.04 Å². The molecular weight excluding hydrogens is 644 g/mol. The first-order valence-electron chi connectivity index (χ1n) is 11.0. The van der Waals surface area contributed by atoms with Crippen LogP contribution in [0.4, 0.5) is 10.3 Å². The van der Waals surface area contributed by atoms with Crippen molar-refractivity contribution in [2.75, 3.05) is 29.5 Å². The van der Waals surface area contributed by atoms with Crippen molar-refractivity contribution < 1.29 is 19.5 Å². The number of carbonyl (C=O) groups excluding carboxylic acids is 2. The van der Waals surface area contributed by atoms with E-state index in [1.54, 1.807) is 0 Å². The minimum Gasteiger partial charge on any atom is -0.477 e. The summed E-state index contributed by atoms with van der Waals surface area (Å²) in [5.74, 6) is -1.46. The highest BCUT2D eigenvalue weighted by Crippen LogP contribution is 2.47. The van der Waals surface area contributed by atoms with Crippen molar-refractivity contribution in [3.05, 3.63) is 31.2 Å². The Kier molecular flexibility index (Phi) is 9.67. The van der Waals surface area contributed by atoms with Crippen LogP contribution in [-0.2, 0) is 20.1 Å². The number of halogens is 1. The molecule has 40 heavy (non-hydrogen) atoms. The highest BCUT2D eigenvalue weighted by atomic mass is 35.5. The number of aliphatic imine (C=N–C) groups is 1. The van der Waals surface area contributed by atoms with E-state index in [-0.39, 0.29) is 32.6 Å². The molecule has 2 aliphatic heterocycles. The molecule has 214 valence electrons. The zero-order valence-corrected chi connectivity index (χ0v) is 24.9. The number of carbonyl (C=O) groups is 3. The van der Waals surface area contributed by atoms with Crippen LogP contribution < -0.4 is 28.3 Å². The van der Waals surface area contributed by atoms with Gasteiger partial charge in [-0.15, -0.1) is 16.7 Å². The van der Waals surface area contributed by atoms with E-state index in [1.165, 1.54) is 46.6 Å². The highest BCUT2D eigenvalue weighted by molar-refractivity contribution is 8.07. The second-order valence-electron chi connectivity index (χ2n) is 7.94. The Morgan fingerprint density at radius 1 is 1.25 bits per heavy atom. The SMILES string of the molecule is NC(N)=NCCSCc1nc(N)sc1SC1=C(C(=O)O)N2C(=O)C(NC(=O)C(N=O)c3nc(N)sc3Cl)C2SC1. The monoisotopic (exact) mass is 664 g/mol. The van der Waals surface area contributed by atoms with Crippen molar-refractivity contribution in [3.63, 3.8) is 0 Å². The van der Waals surface area contributed by atoms with Crippen molar-refractivity contribution in [2.45, 2.75) is 27.4 Å². The molecule has 0 aromatic carbocycles. The number of fused-ring (bicyclic) bond motifs is 1. The molecule has 4 heterocycles. The minimum atomic E-state index is -1.62. The molecule has 3 unspecified atom stereocenters. The van der Waals surface area contributed by atoms with Crippen LogP contribution in [0.1, 0.15) is 17.4 Å². The summed E-state index contributed by atoms with van der Waals surface area (Å²) in [7, 11) is 0. The molecule has 2 aliphatic rings. The fraction of sp³-hybridized carbons (Fsp3) is 0.368. The molecule has 3 atom stereocenters. The van der Waals surface area contributed by atoms with Gasteiger partial charge in [0, 0.05) is 22.2 Å². The molecule has 21 heteroatoms. The number of nitrogens with one attached hydrogen (secondary N) is 1. The summed E-state index contributed by atoms with van der Waals surface area (Å²) >= 11 is 12.1. The molecule has 2 aromatic heterocycles. The number of nitrogens with zero attached hydrogens (tertiary/aromatic N) is 5. The van der Waals surface area contributed by atoms with E-state index in [0.717, 1.165) is 16.2 Å². The van der Waals surface area contributed by atoms with Crippen molar-refractivity contribution in [1.82, 2.24) is 20.2 Å². The average Bonchev–Trinajstić information content (AvgIpc) is 3.41. The van der Waals surface area contributed by atoms with Crippen LogP contribution in [-0.4, -0.2) is 73.2 Å². The molecule has 0 bridgehead atoms. The van der Waals surface area contributed by atoms with Crippen molar-refractivity contribution in [2.24, 2.45) is 21.6 Å². The van der Waals surface area contributed by atoms with E-state index in [9.17, 15) is 24.4 Å². The normalized spacial score (nSPS) is 19.0. The summed E-state index contributed by atoms with van der Waals surface area (Å²) in [6, 6.07) is -2.70. The van der Waals surface area contributed by atoms with Crippen molar-refractivity contribution in [1.29, 1.82) is 0 Å². The molecule has 1 fully saturated rings. The third-order valence-corrected chi connectivity index (χ3v) is 11.1. The van der Waals surface area contributed by atoms with E-state index >= 15 is 0 Å². The van der Waals surface area contributed by atoms with E-state index in [0.29, 0.717) is 38.0 Å². The number of amides is 2. The Morgan fingerprint density at radius 3 is 2.60 bits per heavy atom. The zero-order valence-electron chi connectivity index (χ0n) is 20.1. The minimum absolute atomic E-state index is 0.00705. The van der Waals surface area contributed by atoms with Gasteiger partial charge in [0.1, 0.15) is 27.1 Å². The fourth-order valence-electron chi connectivity index (χ4n) is 3.67. The van der Waals surface area contributed by atoms with Gasteiger partial charge in [-0.2, -0.15) is 11.8 Å². The third kappa shape index (κ3) is 6.41. The predicted octanol–water partition coefficient (Wildman–Crippen LogP) is 1.22. The van der Waals surface area contributed by atoms with Gasteiger partial charge in [0.05, 0.1) is 16.4 Å². The second-order valence-corrected chi connectivity index (χ2v) is 14.2. The summed E-state index contributed by atoms with van der Waals surface area (Å²) in [6.45, 7) is 0.435. The number of aliphatic carboxylic acids is 1. The molecule has 2 amide bonds. The largest absolute Gasteiger partial charge is 0.477 e. The number of carboxylic acids is 1. The van der Waals surface area contributed by atoms with E-state index in [1.807, 2.05) is 0 Å². The molecule has 10 N–H and O–H groups in total. The van der Waals surface area contributed by atoms with Crippen LogP contribution in [0.5, 0.6) is 0 Å². The number of thioether (sulfide) groups is 3. The van der Waals surface area contributed by atoms with E-state index in [4.69, 9.17) is 34.5 Å². The van der Waals surface area contributed by atoms with Gasteiger partial charge in [-0.25, -0.2) is 14.8 Å². The number of carboxylic acid groups (broad SMARTS) is 1. The molecule has 15 nitrogen and oxygen atoms in total. The number of aromatic nitrogens is 2. The first kappa shape index (κ1) is 30.2. The summed E-state index contributed by atoms with van der Waals surface area (Å²) in [5.41, 5.74) is 22.5. The van der Waals surface area contributed by atoms with Crippen LogP contribution in [0.15, 0.2) is 25.0 Å². The number of guanidine groups is 1. The maximum Gasteiger partial charge on any atom is 0.353 e. The summed E-state index contributed by atoms with van der Waals surface area (Å²) in [4.78, 5) is 63.2. The number of nitrogen functional groups attached to an aromatic ring is 2. The Balaban J connectivity index is 1.47. The maximum atomic E-state index is 13.0. The van der Waals surface area contributed by atoms with Crippen molar-refractivity contribution in [3.8, 4) is 0 Å². The van der Waals surface area contributed by atoms with Crippen LogP contribution in [0.3, 0.4) is 0 Å². The Labute approximate surface area is 251 Å². The first-order valence-corrected chi connectivity index (χ1v) is 16.1. The smallest absolute Gasteiger partial charge is 0.353 e. The molecule has 1 saturated heterocycles. The number of hydrogen-bond donors (Lipinski definition) is 6. The summed E-state index contributed by atoms with van der Waals surface area (Å²) < 4.78 is 0.732. The second kappa shape index (κ2) is 12.8. The number of thiazole rings is 2. The van der Waals surface area contributed by atoms with E-state index < -0.39 is 35.2 Å². The summed E-state index contributed by atoms with van der Waals surface area (Å²) in [6.07, 6.45) is 0. The molecular formula is C19H21ClN10O5S5. The topological polar surface area (TPSA) is 258 Å². The molecule has 2 aromatic rings. The number of hydrogen-bond acceptors (Lipinski definition) is 15. The van der Waals surface area contributed by atoms with Crippen LogP contribution >= 0.6 is 69.6 Å². The quantitative estimate of drug-likeness (QED) is 0.0613. The summed E-state index contributed by atoms with van der Waals surface area (Å²) in [5, 5.41) is 14.9. The predicted molar refractivity (Wildman–Crippen MR) is 159 cm³/mol. The first-order chi connectivity index (χ1) is 19.0. The van der Waals surface area contributed by atoms with E-state index in [2.05, 4.69) is 25.5 Å². The number of anilines is 2. The molecule has 0 aliphatic carbocycles. The van der Waals surface area contributed by atoms with Gasteiger partial charge in [-0.05, 0) is 5.18 Å². The Hall–Kier alpha value is -2.78. The van der Waals surface area contributed by atoms with Gasteiger partial charge in [-0.3, -0.25) is 19.5 Å². The fourth-order valence-corrected chi connectivity index (χ4v) is 9.27. The number of nitroso groups, excluding NO2 is 1.